The summed E-state index contributed by atoms with van der Waals surface area (Å²) in [6, 6.07) is 17.3. The SMILES string of the molecule is CC(C)c1ccc(NC(=O)C2[C@H]3C=CC4(O3)C(C(=O)NC3CCCCC3)N(CCN(C)Cc3ccccc3)C(=O)[C@@H]24)cc1. The van der Waals surface area contributed by atoms with Gasteiger partial charge in [0.1, 0.15) is 11.6 Å². The van der Waals surface area contributed by atoms with Crippen LogP contribution in [0.25, 0.3) is 0 Å². The zero-order valence-corrected chi connectivity index (χ0v) is 25.5. The van der Waals surface area contributed by atoms with E-state index in [1.54, 1.807) is 4.90 Å². The van der Waals surface area contributed by atoms with Crippen molar-refractivity contribution in [1.29, 1.82) is 0 Å². The first-order chi connectivity index (χ1) is 20.8. The summed E-state index contributed by atoms with van der Waals surface area (Å²) < 4.78 is 6.52. The minimum atomic E-state index is -1.15. The fraction of sp³-hybridized carbons (Fsp3) is 0.514. The highest BCUT2D eigenvalue weighted by Crippen LogP contribution is 2.55. The molecule has 2 bridgehead atoms. The van der Waals surface area contributed by atoms with Crippen LogP contribution in [0.3, 0.4) is 0 Å². The Balaban J connectivity index is 1.23. The number of ether oxygens (including phenoxy) is 1. The second-order valence-electron chi connectivity index (χ2n) is 13.1. The fourth-order valence-electron chi connectivity index (χ4n) is 7.46. The van der Waals surface area contributed by atoms with Crippen LogP contribution in [0.15, 0.2) is 66.7 Å². The van der Waals surface area contributed by atoms with E-state index in [9.17, 15) is 14.4 Å². The maximum atomic E-state index is 14.3. The van der Waals surface area contributed by atoms with Crippen LogP contribution in [-0.4, -0.2) is 71.4 Å². The van der Waals surface area contributed by atoms with Gasteiger partial charge in [0.2, 0.25) is 17.7 Å². The number of anilines is 1. The zero-order chi connectivity index (χ0) is 30.1. The van der Waals surface area contributed by atoms with Crippen LogP contribution in [0, 0.1) is 11.8 Å². The molecular weight excluding hydrogens is 540 g/mol. The molecule has 2 saturated heterocycles. The molecule has 1 saturated carbocycles. The Morgan fingerprint density at radius 3 is 2.44 bits per heavy atom. The monoisotopic (exact) mass is 584 g/mol. The molecule has 2 N–H and O–H groups in total. The molecule has 4 aliphatic rings. The van der Waals surface area contributed by atoms with Crippen LogP contribution in [-0.2, 0) is 25.7 Å². The number of rotatable bonds is 10. The second kappa shape index (κ2) is 12.2. The largest absolute Gasteiger partial charge is 0.359 e. The smallest absolute Gasteiger partial charge is 0.246 e. The molecule has 228 valence electrons. The average Bonchev–Trinajstić information content (AvgIpc) is 3.64. The van der Waals surface area contributed by atoms with E-state index in [1.165, 1.54) is 17.5 Å². The summed E-state index contributed by atoms with van der Waals surface area (Å²) in [5.41, 5.74) is 1.91. The van der Waals surface area contributed by atoms with Gasteiger partial charge in [0.25, 0.3) is 0 Å². The maximum absolute atomic E-state index is 14.3. The Kier molecular flexibility index (Phi) is 8.42. The number of carbonyl (C=O) groups excluding carboxylic acids is 3. The van der Waals surface area contributed by atoms with E-state index >= 15 is 0 Å². The van der Waals surface area contributed by atoms with E-state index in [0.717, 1.165) is 32.2 Å². The van der Waals surface area contributed by atoms with Crippen LogP contribution in [0.4, 0.5) is 5.69 Å². The Morgan fingerprint density at radius 2 is 1.74 bits per heavy atom. The van der Waals surface area contributed by atoms with Crippen LogP contribution < -0.4 is 10.6 Å². The second-order valence-corrected chi connectivity index (χ2v) is 13.1. The van der Waals surface area contributed by atoms with Gasteiger partial charge in [0, 0.05) is 31.4 Å². The summed E-state index contributed by atoms with van der Waals surface area (Å²) in [6.07, 6.45) is 8.49. The van der Waals surface area contributed by atoms with Crippen molar-refractivity contribution >= 4 is 23.4 Å². The number of hydrogen-bond acceptors (Lipinski definition) is 5. The number of nitrogens with one attached hydrogen (secondary N) is 2. The molecule has 6 rings (SSSR count). The van der Waals surface area contributed by atoms with E-state index in [2.05, 4.69) is 41.5 Å². The van der Waals surface area contributed by atoms with Crippen LogP contribution >= 0.6 is 0 Å². The number of nitrogens with zero attached hydrogens (tertiary/aromatic N) is 2. The van der Waals surface area contributed by atoms with E-state index in [4.69, 9.17) is 4.74 Å². The third-order valence-electron chi connectivity index (χ3n) is 9.74. The van der Waals surface area contributed by atoms with Gasteiger partial charge in [-0.15, -0.1) is 0 Å². The van der Waals surface area contributed by atoms with Gasteiger partial charge in [0.05, 0.1) is 17.9 Å². The van der Waals surface area contributed by atoms with Crippen molar-refractivity contribution in [2.45, 2.75) is 82.2 Å². The topological polar surface area (TPSA) is 91.0 Å². The molecule has 1 aliphatic carbocycles. The molecule has 3 fully saturated rings. The van der Waals surface area contributed by atoms with Crippen molar-refractivity contribution in [2.24, 2.45) is 11.8 Å². The molecule has 8 heteroatoms. The Bertz CT molecular complexity index is 1350. The first-order valence-electron chi connectivity index (χ1n) is 15.9. The molecular formula is C35H44N4O4. The Hall–Kier alpha value is -3.49. The summed E-state index contributed by atoms with van der Waals surface area (Å²) in [6.45, 7) is 5.95. The summed E-state index contributed by atoms with van der Waals surface area (Å²) in [5.74, 6) is -1.68. The Labute approximate surface area is 254 Å². The highest BCUT2D eigenvalue weighted by atomic mass is 16.5. The Morgan fingerprint density at radius 1 is 1.02 bits per heavy atom. The third-order valence-corrected chi connectivity index (χ3v) is 9.74. The number of hydrogen-bond donors (Lipinski definition) is 2. The zero-order valence-electron chi connectivity index (χ0n) is 25.5. The minimum Gasteiger partial charge on any atom is -0.359 e. The molecule has 8 nitrogen and oxygen atoms in total. The number of likely N-dealkylation sites (N-methyl/N-ethyl adjacent to an activating group) is 1. The summed E-state index contributed by atoms with van der Waals surface area (Å²) in [5, 5.41) is 6.30. The molecule has 43 heavy (non-hydrogen) atoms. The van der Waals surface area contributed by atoms with Gasteiger partial charge in [-0.3, -0.25) is 14.4 Å². The van der Waals surface area contributed by atoms with Crippen molar-refractivity contribution < 1.29 is 19.1 Å². The van der Waals surface area contributed by atoms with E-state index in [1.807, 2.05) is 61.7 Å². The van der Waals surface area contributed by atoms with Gasteiger partial charge < -0.3 is 25.2 Å². The predicted octanol–water partition coefficient (Wildman–Crippen LogP) is 4.48. The number of fused-ring (bicyclic) bond motifs is 1. The van der Waals surface area contributed by atoms with Gasteiger partial charge in [-0.25, -0.2) is 0 Å². The lowest BCUT2D eigenvalue weighted by Crippen LogP contribution is -2.57. The number of carbonyl (C=O) groups is 3. The summed E-state index contributed by atoms with van der Waals surface area (Å²) in [7, 11) is 2.02. The van der Waals surface area contributed by atoms with Crippen molar-refractivity contribution in [2.75, 3.05) is 25.5 Å². The molecule has 1 spiro atoms. The normalized spacial score (nSPS) is 28.1. The van der Waals surface area contributed by atoms with Gasteiger partial charge in [0.15, 0.2) is 0 Å². The molecule has 0 radical (unpaired) electrons. The predicted molar refractivity (Wildman–Crippen MR) is 166 cm³/mol. The molecule has 3 unspecified atom stereocenters. The number of benzene rings is 2. The first-order valence-corrected chi connectivity index (χ1v) is 15.9. The van der Waals surface area contributed by atoms with Gasteiger partial charge in [-0.2, -0.15) is 0 Å². The number of likely N-dealkylation sites (tertiary alicyclic amines) is 1. The number of amides is 3. The molecule has 3 aliphatic heterocycles. The van der Waals surface area contributed by atoms with E-state index < -0.39 is 29.6 Å². The van der Waals surface area contributed by atoms with Crippen LogP contribution in [0.2, 0.25) is 0 Å². The van der Waals surface area contributed by atoms with Crippen LogP contribution in [0.5, 0.6) is 0 Å². The molecule has 0 aromatic heterocycles. The van der Waals surface area contributed by atoms with Crippen molar-refractivity contribution in [1.82, 2.24) is 15.1 Å². The van der Waals surface area contributed by atoms with Gasteiger partial charge in [-0.1, -0.05) is 87.7 Å². The summed E-state index contributed by atoms with van der Waals surface area (Å²) >= 11 is 0. The minimum absolute atomic E-state index is 0.102. The van der Waals surface area contributed by atoms with E-state index in [0.29, 0.717) is 24.7 Å². The highest BCUT2D eigenvalue weighted by molar-refractivity contribution is 6.02. The summed E-state index contributed by atoms with van der Waals surface area (Å²) in [4.78, 5) is 45.9. The molecule has 2 aromatic rings. The van der Waals surface area contributed by atoms with E-state index in [-0.39, 0.29) is 23.8 Å². The molecule has 3 amide bonds. The molecule has 3 heterocycles. The fourth-order valence-corrected chi connectivity index (χ4v) is 7.46. The maximum Gasteiger partial charge on any atom is 0.246 e. The van der Waals surface area contributed by atoms with Crippen LogP contribution in [0.1, 0.15) is 63.0 Å². The third kappa shape index (κ3) is 5.75. The lowest BCUT2D eigenvalue weighted by molar-refractivity contribution is -0.141. The van der Waals surface area contributed by atoms with Crippen molar-refractivity contribution in [3.05, 3.63) is 77.9 Å². The van der Waals surface area contributed by atoms with Gasteiger partial charge in [-0.05, 0) is 49.1 Å². The first kappa shape index (κ1) is 29.6. The lowest BCUT2D eigenvalue weighted by atomic mass is 9.74. The average molecular weight is 585 g/mol. The lowest BCUT2D eigenvalue weighted by Gasteiger charge is -2.34. The van der Waals surface area contributed by atoms with Crippen molar-refractivity contribution in [3.8, 4) is 0 Å². The molecule has 5 atom stereocenters. The van der Waals surface area contributed by atoms with Gasteiger partial charge >= 0.3 is 0 Å². The molecule has 2 aromatic carbocycles. The standard InChI is InChI=1S/C35H44N4O4/c1-23(2)25-14-16-27(17-15-25)36-32(40)29-28-18-19-35(43-28)30(29)34(42)39(21-20-38(3)22-24-10-6-4-7-11-24)31(35)33(41)37-26-12-8-5-9-13-26/h4,6-7,10-11,14-19,23,26,28-31H,5,8-9,12-13,20-22H2,1-3H3,(H,36,40)(H,37,41)/t28-,29?,30-,31?,35?/m1/s1. The quantitative estimate of drug-likeness (QED) is 0.402. The highest BCUT2D eigenvalue weighted by Gasteiger charge is 2.72. The van der Waals surface area contributed by atoms with Crippen molar-refractivity contribution in [3.63, 3.8) is 0 Å².